The van der Waals surface area contributed by atoms with Gasteiger partial charge in [0.15, 0.2) is 0 Å². The van der Waals surface area contributed by atoms with Gasteiger partial charge in [-0.15, -0.1) is 0 Å². The van der Waals surface area contributed by atoms with Gasteiger partial charge in [-0.3, -0.25) is 9.69 Å². The normalized spacial score (nSPS) is 14.7. The van der Waals surface area contributed by atoms with E-state index in [-0.39, 0.29) is 11.8 Å². The van der Waals surface area contributed by atoms with Gasteiger partial charge >= 0.3 is 0 Å². The summed E-state index contributed by atoms with van der Waals surface area (Å²) in [7, 11) is 3.29. The van der Waals surface area contributed by atoms with E-state index in [9.17, 15) is 4.79 Å². The first-order valence-electron chi connectivity index (χ1n) is 11.2. The number of nitrogens with one attached hydrogen (secondary N) is 1. The molecule has 2 heterocycles. The van der Waals surface area contributed by atoms with E-state index < -0.39 is 0 Å². The third-order valence-corrected chi connectivity index (χ3v) is 6.01. The summed E-state index contributed by atoms with van der Waals surface area (Å²) in [5, 5.41) is 7.18. The average Bonchev–Trinajstić information content (AvgIpc) is 3.33. The van der Waals surface area contributed by atoms with Crippen LogP contribution < -0.4 is 14.8 Å². The predicted octanol–water partition coefficient (Wildman–Crippen LogP) is 3.32. The number of aromatic nitrogens is 2. The summed E-state index contributed by atoms with van der Waals surface area (Å²) >= 11 is 0. The van der Waals surface area contributed by atoms with Crippen LogP contribution in [0.5, 0.6) is 11.5 Å². The van der Waals surface area contributed by atoms with Gasteiger partial charge < -0.3 is 19.3 Å². The summed E-state index contributed by atoms with van der Waals surface area (Å²) in [4.78, 5) is 19.3. The second-order valence-corrected chi connectivity index (χ2v) is 8.18. The van der Waals surface area contributed by atoms with Gasteiger partial charge in [0.05, 0.1) is 20.8 Å². The van der Waals surface area contributed by atoms with Crippen LogP contribution in [-0.2, 0) is 17.8 Å². The lowest BCUT2D eigenvalue weighted by atomic mass is 9.96. The zero-order chi connectivity index (χ0) is 23.0. The maximum Gasteiger partial charge on any atom is 0.241 e. The summed E-state index contributed by atoms with van der Waals surface area (Å²) in [5.41, 5.74) is 2.07. The van der Waals surface area contributed by atoms with E-state index in [2.05, 4.69) is 20.4 Å². The smallest absolute Gasteiger partial charge is 0.241 e. The van der Waals surface area contributed by atoms with E-state index in [1.165, 1.54) is 5.56 Å². The molecule has 1 aliphatic heterocycles. The number of likely N-dealkylation sites (tertiary alicyclic amines) is 1. The largest absolute Gasteiger partial charge is 0.497 e. The number of methoxy groups -OCH3 is 2. The molecule has 0 spiro atoms. The van der Waals surface area contributed by atoms with Gasteiger partial charge in [-0.05, 0) is 74.3 Å². The van der Waals surface area contributed by atoms with Crippen LogP contribution in [0.15, 0.2) is 53.1 Å². The third kappa shape index (κ3) is 6.10. The van der Waals surface area contributed by atoms with E-state index in [4.69, 9.17) is 14.0 Å². The number of nitrogens with zero attached hydrogens (tertiary/aromatic N) is 3. The summed E-state index contributed by atoms with van der Waals surface area (Å²) in [6, 6.07) is 15.5. The van der Waals surface area contributed by atoms with Gasteiger partial charge in [0, 0.05) is 18.0 Å². The first-order valence-corrected chi connectivity index (χ1v) is 11.2. The molecule has 8 heteroatoms. The highest BCUT2D eigenvalue weighted by Gasteiger charge is 2.25. The van der Waals surface area contributed by atoms with Crippen molar-refractivity contribution in [1.82, 2.24) is 20.4 Å². The zero-order valence-electron chi connectivity index (χ0n) is 19.1. The van der Waals surface area contributed by atoms with Gasteiger partial charge in [0.2, 0.25) is 17.6 Å². The molecule has 1 saturated heterocycles. The van der Waals surface area contributed by atoms with Crippen LogP contribution in [0.3, 0.4) is 0 Å². The number of hydrogen-bond acceptors (Lipinski definition) is 7. The zero-order valence-corrected chi connectivity index (χ0v) is 19.1. The van der Waals surface area contributed by atoms with E-state index in [0.29, 0.717) is 24.8 Å². The van der Waals surface area contributed by atoms with Crippen LogP contribution in [0.2, 0.25) is 0 Å². The molecule has 0 saturated carbocycles. The van der Waals surface area contributed by atoms with Crippen LogP contribution in [-0.4, -0.2) is 54.8 Å². The molecule has 174 valence electrons. The van der Waals surface area contributed by atoms with Crippen molar-refractivity contribution in [3.8, 4) is 22.9 Å². The maximum atomic E-state index is 12.6. The minimum atomic E-state index is 0.0506. The Kier molecular flexibility index (Phi) is 7.57. The molecule has 1 fully saturated rings. The summed E-state index contributed by atoms with van der Waals surface area (Å²) in [5.74, 6) is 2.97. The van der Waals surface area contributed by atoms with Crippen LogP contribution in [0.4, 0.5) is 0 Å². The second kappa shape index (κ2) is 11.0. The Morgan fingerprint density at radius 3 is 2.30 bits per heavy atom. The molecule has 0 unspecified atom stereocenters. The van der Waals surface area contributed by atoms with Crippen molar-refractivity contribution in [3.05, 3.63) is 60.0 Å². The van der Waals surface area contributed by atoms with Crippen molar-refractivity contribution in [2.24, 2.45) is 5.92 Å². The van der Waals surface area contributed by atoms with Gasteiger partial charge in [-0.25, -0.2) is 0 Å². The molecule has 3 aromatic rings. The quantitative estimate of drug-likeness (QED) is 0.535. The Morgan fingerprint density at radius 2 is 1.67 bits per heavy atom. The SMILES string of the molecule is COc1ccc(CCNC(=O)C2CCN(Cc3nc(-c4ccc(OC)cc4)no3)CC2)cc1. The lowest BCUT2D eigenvalue weighted by Crippen LogP contribution is -2.40. The third-order valence-electron chi connectivity index (χ3n) is 6.01. The Balaban J connectivity index is 1.19. The lowest BCUT2D eigenvalue weighted by molar-refractivity contribution is -0.126. The topological polar surface area (TPSA) is 89.7 Å². The van der Waals surface area contributed by atoms with Gasteiger partial charge in [-0.1, -0.05) is 17.3 Å². The molecule has 1 aromatic heterocycles. The first kappa shape index (κ1) is 22.8. The fourth-order valence-corrected chi connectivity index (χ4v) is 3.99. The molecule has 0 atom stereocenters. The van der Waals surface area contributed by atoms with E-state index in [1.54, 1.807) is 14.2 Å². The molecule has 0 bridgehead atoms. The second-order valence-electron chi connectivity index (χ2n) is 8.18. The molecule has 33 heavy (non-hydrogen) atoms. The van der Waals surface area contributed by atoms with E-state index >= 15 is 0 Å². The number of ether oxygens (including phenoxy) is 2. The Hall–Kier alpha value is -3.39. The van der Waals surface area contributed by atoms with Crippen LogP contribution in [0.1, 0.15) is 24.3 Å². The van der Waals surface area contributed by atoms with Crippen LogP contribution in [0.25, 0.3) is 11.4 Å². The maximum absolute atomic E-state index is 12.6. The highest BCUT2D eigenvalue weighted by molar-refractivity contribution is 5.78. The molecule has 2 aromatic carbocycles. The van der Waals surface area contributed by atoms with E-state index in [1.807, 2.05) is 48.5 Å². The molecular formula is C25H30N4O4. The fourth-order valence-electron chi connectivity index (χ4n) is 3.99. The van der Waals surface area contributed by atoms with Gasteiger partial charge in [0.25, 0.3) is 0 Å². The minimum absolute atomic E-state index is 0.0506. The number of hydrogen-bond donors (Lipinski definition) is 1. The Bertz CT molecular complexity index is 1030. The number of amides is 1. The number of carbonyl (C=O) groups is 1. The molecule has 8 nitrogen and oxygen atoms in total. The van der Waals surface area contributed by atoms with Crippen molar-refractivity contribution < 1.29 is 18.8 Å². The number of rotatable bonds is 9. The summed E-state index contributed by atoms with van der Waals surface area (Å²) < 4.78 is 15.8. The molecule has 1 N–H and O–H groups in total. The van der Waals surface area contributed by atoms with Crippen molar-refractivity contribution in [1.29, 1.82) is 0 Å². The standard InChI is InChI=1S/C25H30N4O4/c1-31-21-7-3-18(4-8-21)11-14-26-25(30)20-12-15-29(16-13-20)17-23-27-24(28-33-23)19-5-9-22(32-2)10-6-19/h3-10,20H,11-17H2,1-2H3,(H,26,30). The van der Waals surface area contributed by atoms with Crippen molar-refractivity contribution in [2.75, 3.05) is 33.9 Å². The van der Waals surface area contributed by atoms with Crippen molar-refractivity contribution in [3.63, 3.8) is 0 Å². The fraction of sp³-hybridized carbons (Fsp3) is 0.400. The van der Waals surface area contributed by atoms with E-state index in [0.717, 1.165) is 49.4 Å². The van der Waals surface area contributed by atoms with Crippen LogP contribution in [0, 0.1) is 5.92 Å². The molecule has 1 amide bonds. The van der Waals surface area contributed by atoms with Crippen molar-refractivity contribution in [2.45, 2.75) is 25.8 Å². The van der Waals surface area contributed by atoms with Gasteiger partial charge in [0.1, 0.15) is 11.5 Å². The average molecular weight is 451 g/mol. The van der Waals surface area contributed by atoms with Crippen molar-refractivity contribution >= 4 is 5.91 Å². The molecule has 1 aliphatic rings. The lowest BCUT2D eigenvalue weighted by Gasteiger charge is -2.30. The Labute approximate surface area is 193 Å². The molecule has 0 aliphatic carbocycles. The number of benzene rings is 2. The summed E-state index contributed by atoms with van der Waals surface area (Å²) in [6.45, 7) is 2.89. The number of carbonyl (C=O) groups excluding carboxylic acids is 1. The predicted molar refractivity (Wildman–Crippen MR) is 124 cm³/mol. The summed E-state index contributed by atoms with van der Waals surface area (Å²) in [6.07, 6.45) is 2.46. The Morgan fingerprint density at radius 1 is 1.03 bits per heavy atom. The monoisotopic (exact) mass is 450 g/mol. The molecular weight excluding hydrogens is 420 g/mol. The first-order chi connectivity index (χ1) is 16.1. The number of piperidine rings is 1. The highest BCUT2D eigenvalue weighted by atomic mass is 16.5. The highest BCUT2D eigenvalue weighted by Crippen LogP contribution is 2.22. The van der Waals surface area contributed by atoms with Gasteiger partial charge in [-0.2, -0.15) is 4.98 Å². The van der Waals surface area contributed by atoms with Crippen LogP contribution >= 0.6 is 0 Å². The molecule has 0 radical (unpaired) electrons. The molecule has 4 rings (SSSR count). The minimum Gasteiger partial charge on any atom is -0.497 e.